The van der Waals surface area contributed by atoms with Crippen LogP contribution in [-0.2, 0) is 10.0 Å². The van der Waals surface area contributed by atoms with Gasteiger partial charge in [-0.05, 0) is 31.2 Å². The van der Waals surface area contributed by atoms with Gasteiger partial charge in [0, 0.05) is 5.56 Å². The lowest BCUT2D eigenvalue weighted by molar-refractivity contribution is 0.572. The van der Waals surface area contributed by atoms with Crippen LogP contribution < -0.4 is 4.72 Å². The molecule has 0 fully saturated rings. The van der Waals surface area contributed by atoms with Crippen LogP contribution >= 0.6 is 0 Å². The van der Waals surface area contributed by atoms with Crippen LogP contribution in [0.5, 0.6) is 0 Å². The Labute approximate surface area is 128 Å². The SMILES string of the molecule is Cc1ccc(S(=O)(=O)Nc2ccccc2-c2cnco2)cc1. The molecule has 0 radical (unpaired) electrons. The summed E-state index contributed by atoms with van der Waals surface area (Å²) in [5, 5.41) is 0. The van der Waals surface area contributed by atoms with E-state index < -0.39 is 10.0 Å². The molecule has 0 amide bonds. The van der Waals surface area contributed by atoms with Gasteiger partial charge < -0.3 is 4.42 Å². The molecule has 112 valence electrons. The first kappa shape index (κ1) is 14.3. The summed E-state index contributed by atoms with van der Waals surface area (Å²) in [6.45, 7) is 1.91. The van der Waals surface area contributed by atoms with Crippen molar-refractivity contribution in [3.8, 4) is 11.3 Å². The predicted octanol–water partition coefficient (Wildman–Crippen LogP) is 3.45. The molecule has 2 aromatic carbocycles. The summed E-state index contributed by atoms with van der Waals surface area (Å²) in [6.07, 6.45) is 2.85. The fourth-order valence-corrected chi connectivity index (χ4v) is 3.14. The van der Waals surface area contributed by atoms with Crippen molar-refractivity contribution in [3.05, 3.63) is 66.7 Å². The van der Waals surface area contributed by atoms with Gasteiger partial charge in [0.05, 0.1) is 16.8 Å². The lowest BCUT2D eigenvalue weighted by atomic mass is 10.1. The van der Waals surface area contributed by atoms with Crippen molar-refractivity contribution in [1.29, 1.82) is 0 Å². The van der Waals surface area contributed by atoms with Gasteiger partial charge in [-0.1, -0.05) is 29.8 Å². The Hall–Kier alpha value is -2.60. The number of rotatable bonds is 4. The molecule has 5 nitrogen and oxygen atoms in total. The number of anilines is 1. The first-order valence-corrected chi connectivity index (χ1v) is 8.12. The highest BCUT2D eigenvalue weighted by atomic mass is 32.2. The third-order valence-electron chi connectivity index (χ3n) is 3.20. The van der Waals surface area contributed by atoms with Gasteiger partial charge in [0.2, 0.25) is 0 Å². The Bertz CT molecular complexity index is 870. The summed E-state index contributed by atoms with van der Waals surface area (Å²) in [6, 6.07) is 13.7. The molecule has 0 bridgehead atoms. The van der Waals surface area contributed by atoms with Crippen LogP contribution in [0.2, 0.25) is 0 Å². The lowest BCUT2D eigenvalue weighted by Gasteiger charge is -2.11. The smallest absolute Gasteiger partial charge is 0.261 e. The van der Waals surface area contributed by atoms with Crippen LogP contribution in [0, 0.1) is 6.92 Å². The van der Waals surface area contributed by atoms with Crippen LogP contribution in [-0.4, -0.2) is 13.4 Å². The molecule has 0 spiro atoms. The molecular formula is C16H14N2O3S. The molecule has 0 atom stereocenters. The van der Waals surface area contributed by atoms with Crippen molar-refractivity contribution in [2.24, 2.45) is 0 Å². The van der Waals surface area contributed by atoms with E-state index >= 15 is 0 Å². The van der Waals surface area contributed by atoms with Gasteiger partial charge in [0.25, 0.3) is 10.0 Å². The number of hydrogen-bond acceptors (Lipinski definition) is 4. The Balaban J connectivity index is 1.98. The minimum Gasteiger partial charge on any atom is -0.443 e. The highest BCUT2D eigenvalue weighted by Gasteiger charge is 2.17. The second kappa shape index (κ2) is 5.65. The summed E-state index contributed by atoms with van der Waals surface area (Å²) in [7, 11) is -3.66. The molecule has 1 N–H and O–H groups in total. The summed E-state index contributed by atoms with van der Waals surface area (Å²) < 4.78 is 32.8. The highest BCUT2D eigenvalue weighted by molar-refractivity contribution is 7.92. The second-order valence-electron chi connectivity index (χ2n) is 4.83. The van der Waals surface area contributed by atoms with Gasteiger partial charge in [-0.2, -0.15) is 0 Å². The standard InChI is InChI=1S/C16H14N2O3S/c1-12-6-8-13(9-7-12)22(19,20)18-15-5-3-2-4-14(15)16-10-17-11-21-16/h2-11,18H,1H3. The number of sulfonamides is 1. The van der Waals surface area contributed by atoms with E-state index in [2.05, 4.69) is 9.71 Å². The van der Waals surface area contributed by atoms with Gasteiger partial charge in [-0.25, -0.2) is 13.4 Å². The minimum absolute atomic E-state index is 0.213. The largest absolute Gasteiger partial charge is 0.443 e. The molecule has 3 rings (SSSR count). The lowest BCUT2D eigenvalue weighted by Crippen LogP contribution is -2.13. The molecule has 0 saturated carbocycles. The fourth-order valence-electron chi connectivity index (χ4n) is 2.06. The Morgan fingerprint density at radius 1 is 1.05 bits per heavy atom. The van der Waals surface area contributed by atoms with Gasteiger partial charge in [-0.3, -0.25) is 4.72 Å². The first-order chi connectivity index (χ1) is 10.6. The molecule has 0 aliphatic carbocycles. The number of nitrogens with one attached hydrogen (secondary N) is 1. The maximum atomic E-state index is 12.5. The third-order valence-corrected chi connectivity index (χ3v) is 4.58. The minimum atomic E-state index is -3.66. The van der Waals surface area contributed by atoms with E-state index in [-0.39, 0.29) is 4.90 Å². The molecule has 1 heterocycles. The molecule has 3 aromatic rings. The molecule has 0 aliphatic heterocycles. The number of hydrogen-bond donors (Lipinski definition) is 1. The van der Waals surface area contributed by atoms with E-state index in [9.17, 15) is 8.42 Å². The molecule has 6 heteroatoms. The molecule has 22 heavy (non-hydrogen) atoms. The van der Waals surface area contributed by atoms with Crippen molar-refractivity contribution in [2.75, 3.05) is 4.72 Å². The summed E-state index contributed by atoms with van der Waals surface area (Å²) in [5.74, 6) is 0.502. The van der Waals surface area contributed by atoms with Crippen LogP contribution in [0.15, 0.2) is 70.4 Å². The number of oxazole rings is 1. The van der Waals surface area contributed by atoms with Crippen molar-refractivity contribution in [2.45, 2.75) is 11.8 Å². The zero-order chi connectivity index (χ0) is 15.6. The van der Waals surface area contributed by atoms with Crippen LogP contribution in [0.25, 0.3) is 11.3 Å². The maximum Gasteiger partial charge on any atom is 0.261 e. The third kappa shape index (κ3) is 2.87. The number of nitrogens with zero attached hydrogens (tertiary/aromatic N) is 1. The highest BCUT2D eigenvalue weighted by Crippen LogP contribution is 2.29. The van der Waals surface area contributed by atoms with Gasteiger partial charge in [0.1, 0.15) is 0 Å². The summed E-state index contributed by atoms with van der Waals surface area (Å²) in [4.78, 5) is 4.07. The van der Waals surface area contributed by atoms with Crippen molar-refractivity contribution in [3.63, 3.8) is 0 Å². The Kier molecular flexibility index (Phi) is 3.68. The van der Waals surface area contributed by atoms with E-state index in [0.717, 1.165) is 5.56 Å². The number of aryl methyl sites for hydroxylation is 1. The first-order valence-electron chi connectivity index (χ1n) is 6.64. The van der Waals surface area contributed by atoms with Gasteiger partial charge in [-0.15, -0.1) is 0 Å². The fraction of sp³-hybridized carbons (Fsp3) is 0.0625. The van der Waals surface area contributed by atoms with Crippen LogP contribution in [0.3, 0.4) is 0 Å². The zero-order valence-corrected chi connectivity index (χ0v) is 12.7. The molecule has 1 aromatic heterocycles. The van der Waals surface area contributed by atoms with Crippen LogP contribution in [0.4, 0.5) is 5.69 Å². The maximum absolute atomic E-state index is 12.5. The molecule has 0 saturated heterocycles. The van der Waals surface area contributed by atoms with E-state index in [1.807, 2.05) is 13.0 Å². The van der Waals surface area contributed by atoms with Gasteiger partial charge in [0.15, 0.2) is 12.2 Å². The molecule has 0 aliphatic rings. The van der Waals surface area contributed by atoms with E-state index in [1.54, 1.807) is 48.7 Å². The number of benzene rings is 2. The topological polar surface area (TPSA) is 72.2 Å². The zero-order valence-electron chi connectivity index (χ0n) is 11.9. The van der Waals surface area contributed by atoms with Gasteiger partial charge >= 0.3 is 0 Å². The average Bonchev–Trinajstić information content (AvgIpc) is 3.02. The monoisotopic (exact) mass is 314 g/mol. The number of para-hydroxylation sites is 1. The van der Waals surface area contributed by atoms with Crippen molar-refractivity contribution in [1.82, 2.24) is 4.98 Å². The van der Waals surface area contributed by atoms with E-state index in [1.165, 1.54) is 6.39 Å². The Morgan fingerprint density at radius 3 is 2.45 bits per heavy atom. The Morgan fingerprint density at radius 2 is 1.77 bits per heavy atom. The quantitative estimate of drug-likeness (QED) is 0.800. The summed E-state index contributed by atoms with van der Waals surface area (Å²) in [5.41, 5.74) is 2.08. The van der Waals surface area contributed by atoms with Crippen molar-refractivity contribution < 1.29 is 12.8 Å². The molecular weight excluding hydrogens is 300 g/mol. The summed E-state index contributed by atoms with van der Waals surface area (Å²) >= 11 is 0. The van der Waals surface area contributed by atoms with E-state index in [4.69, 9.17) is 4.42 Å². The normalized spacial score (nSPS) is 11.3. The molecule has 0 unspecified atom stereocenters. The second-order valence-corrected chi connectivity index (χ2v) is 6.51. The number of aromatic nitrogens is 1. The average molecular weight is 314 g/mol. The van der Waals surface area contributed by atoms with E-state index in [0.29, 0.717) is 17.0 Å². The predicted molar refractivity (Wildman–Crippen MR) is 83.9 cm³/mol. The van der Waals surface area contributed by atoms with Crippen LogP contribution in [0.1, 0.15) is 5.56 Å². The van der Waals surface area contributed by atoms with Crippen molar-refractivity contribution >= 4 is 15.7 Å².